The first-order valence-corrected chi connectivity index (χ1v) is 6.06. The van der Waals surface area contributed by atoms with Crippen LogP contribution in [0.5, 0.6) is 0 Å². The van der Waals surface area contributed by atoms with Gasteiger partial charge in [-0.25, -0.2) is 0 Å². The van der Waals surface area contributed by atoms with E-state index in [1.807, 2.05) is 0 Å². The van der Waals surface area contributed by atoms with Gasteiger partial charge in [-0.15, -0.1) is 6.58 Å². The molecule has 0 amide bonds. The maximum atomic E-state index is 13.2. The molecular weight excluding hydrogens is 326 g/mol. The van der Waals surface area contributed by atoms with E-state index in [4.69, 9.17) is 5.26 Å². The minimum Gasteiger partial charge on any atom is -0.258 e. The predicted octanol–water partition coefficient (Wildman–Crippen LogP) is 5.12. The molecule has 0 saturated heterocycles. The first-order chi connectivity index (χ1) is 9.83. The molecule has 0 aliphatic rings. The highest BCUT2D eigenvalue weighted by Gasteiger charge is 2.69. The van der Waals surface area contributed by atoms with Crippen molar-refractivity contribution < 1.29 is 39.9 Å². The number of rotatable bonds is 9. The lowest BCUT2D eigenvalue weighted by molar-refractivity contribution is -0.435. The fourth-order valence-electron chi connectivity index (χ4n) is 1.35. The van der Waals surface area contributed by atoms with E-state index in [9.17, 15) is 35.1 Å². The Bertz CT molecular complexity index is 414. The zero-order chi connectivity index (χ0) is 17.7. The lowest BCUT2D eigenvalue weighted by atomic mass is 10.1. The summed E-state index contributed by atoms with van der Waals surface area (Å²) in [5, 5.41) is 7.97. The molecule has 0 aromatic heterocycles. The van der Waals surface area contributed by atoms with Gasteiger partial charge < -0.3 is 0 Å². The summed E-state index contributed by atoms with van der Waals surface area (Å²) in [6.07, 6.45) is -11.6. The average molecular weight is 339 g/mol. The van der Waals surface area contributed by atoms with Crippen LogP contribution in [0, 0.1) is 11.3 Å². The van der Waals surface area contributed by atoms with Crippen molar-refractivity contribution in [2.45, 2.75) is 56.2 Å². The lowest BCUT2D eigenvalue weighted by Gasteiger charge is -2.31. The van der Waals surface area contributed by atoms with Crippen LogP contribution in [0.25, 0.3) is 0 Å². The molecule has 0 aromatic rings. The molecule has 0 heterocycles. The van der Waals surface area contributed by atoms with Crippen LogP contribution in [-0.2, 0) is 4.74 Å². The summed E-state index contributed by atoms with van der Waals surface area (Å²) in [7, 11) is 0. The summed E-state index contributed by atoms with van der Waals surface area (Å²) in [6.45, 7) is 3.35. The van der Waals surface area contributed by atoms with Crippen LogP contribution in [0.3, 0.4) is 0 Å². The Morgan fingerprint density at radius 3 is 1.91 bits per heavy atom. The molecule has 0 aromatic carbocycles. The highest BCUT2D eigenvalue weighted by Crippen LogP contribution is 2.46. The first kappa shape index (κ1) is 20.6. The van der Waals surface area contributed by atoms with Crippen molar-refractivity contribution in [2.75, 3.05) is 0 Å². The van der Waals surface area contributed by atoms with Crippen molar-refractivity contribution in [2.24, 2.45) is 0 Å². The van der Waals surface area contributed by atoms with Gasteiger partial charge in [0.05, 0.1) is 0 Å². The summed E-state index contributed by atoms with van der Waals surface area (Å²) < 4.78 is 105. The van der Waals surface area contributed by atoms with Crippen molar-refractivity contribution in [3.05, 3.63) is 12.7 Å². The number of alkyl halides is 8. The van der Waals surface area contributed by atoms with Gasteiger partial charge in [-0.3, -0.25) is 4.74 Å². The molecule has 0 radical (unpaired) electrons. The quantitative estimate of drug-likeness (QED) is 0.332. The summed E-state index contributed by atoms with van der Waals surface area (Å²) in [5.74, 6) is -10.6. The number of hydrogen-bond acceptors (Lipinski definition) is 2. The van der Waals surface area contributed by atoms with Crippen molar-refractivity contribution in [3.8, 4) is 6.07 Å². The lowest BCUT2D eigenvalue weighted by Crippen LogP contribution is -2.53. The SMILES string of the molecule is C=CCCCCCC(F)(F)C(F)(F)OC(F)(C#N)C(F)(F)F. The number of unbranched alkanes of at least 4 members (excludes halogenated alkanes) is 3. The summed E-state index contributed by atoms with van der Waals surface area (Å²) in [6, 6.07) is -0.208. The maximum absolute atomic E-state index is 13.2. The Labute approximate surface area is 121 Å². The Morgan fingerprint density at radius 1 is 0.955 bits per heavy atom. The molecule has 0 rings (SSSR count). The molecular formula is C12H13F8NO. The van der Waals surface area contributed by atoms with Crippen LogP contribution >= 0.6 is 0 Å². The van der Waals surface area contributed by atoms with Gasteiger partial charge in [0, 0.05) is 6.42 Å². The van der Waals surface area contributed by atoms with Crippen molar-refractivity contribution >= 4 is 0 Å². The third-order valence-corrected chi connectivity index (χ3v) is 2.60. The zero-order valence-electron chi connectivity index (χ0n) is 11.2. The molecule has 0 aliphatic heterocycles. The van der Waals surface area contributed by atoms with Crippen molar-refractivity contribution in [1.29, 1.82) is 5.26 Å². The van der Waals surface area contributed by atoms with E-state index in [1.54, 1.807) is 0 Å². The first-order valence-electron chi connectivity index (χ1n) is 6.06. The van der Waals surface area contributed by atoms with E-state index in [-0.39, 0.29) is 12.5 Å². The molecule has 0 spiro atoms. The standard InChI is InChI=1S/C12H13F8NO/c1-2-3-4-5-6-7-9(13,14)12(19,20)22-10(15,8-21)11(16,17)18/h2H,1,3-7H2. The van der Waals surface area contributed by atoms with E-state index >= 15 is 0 Å². The number of allylic oxidation sites excluding steroid dienone is 1. The van der Waals surface area contributed by atoms with Crippen LogP contribution in [0.15, 0.2) is 12.7 Å². The minimum atomic E-state index is -6.20. The molecule has 10 heteroatoms. The van der Waals surface area contributed by atoms with Crippen molar-refractivity contribution in [1.82, 2.24) is 0 Å². The van der Waals surface area contributed by atoms with Crippen LogP contribution in [0.1, 0.15) is 32.1 Å². The molecule has 0 fully saturated rings. The van der Waals surface area contributed by atoms with E-state index in [0.29, 0.717) is 12.8 Å². The number of nitrogens with zero attached hydrogens (tertiary/aromatic N) is 1. The zero-order valence-corrected chi connectivity index (χ0v) is 11.2. The van der Waals surface area contributed by atoms with Gasteiger partial charge in [0.15, 0.2) is 0 Å². The van der Waals surface area contributed by atoms with Gasteiger partial charge in [-0.05, 0) is 19.3 Å². The molecule has 0 saturated carbocycles. The smallest absolute Gasteiger partial charge is 0.258 e. The predicted molar refractivity (Wildman–Crippen MR) is 59.8 cm³/mol. The topological polar surface area (TPSA) is 33.0 Å². The highest BCUT2D eigenvalue weighted by atomic mass is 19.4. The molecule has 2 nitrogen and oxygen atoms in total. The summed E-state index contributed by atoms with van der Waals surface area (Å²) in [4.78, 5) is 0. The van der Waals surface area contributed by atoms with Gasteiger partial charge in [0.2, 0.25) is 0 Å². The Hall–Kier alpha value is -1.37. The molecule has 1 unspecified atom stereocenters. The molecule has 0 N–H and O–H groups in total. The largest absolute Gasteiger partial charge is 0.463 e. The molecule has 128 valence electrons. The number of ether oxygens (including phenoxy) is 1. The second-order valence-electron chi connectivity index (χ2n) is 4.42. The van der Waals surface area contributed by atoms with E-state index < -0.39 is 36.9 Å². The van der Waals surface area contributed by atoms with E-state index in [0.717, 1.165) is 0 Å². The Kier molecular flexibility index (Phi) is 6.81. The molecule has 0 bridgehead atoms. The third-order valence-electron chi connectivity index (χ3n) is 2.60. The normalized spacial score (nSPS) is 16.0. The van der Waals surface area contributed by atoms with Crippen LogP contribution in [0.2, 0.25) is 0 Å². The Morgan fingerprint density at radius 2 is 1.50 bits per heavy atom. The summed E-state index contributed by atoms with van der Waals surface area (Å²) >= 11 is 0. The van der Waals surface area contributed by atoms with Crippen LogP contribution in [0.4, 0.5) is 35.1 Å². The van der Waals surface area contributed by atoms with Gasteiger partial charge in [0.25, 0.3) is 0 Å². The highest BCUT2D eigenvalue weighted by molar-refractivity contribution is 5.00. The Balaban J connectivity index is 4.89. The maximum Gasteiger partial charge on any atom is 0.463 e. The fraction of sp³-hybridized carbons (Fsp3) is 0.750. The molecule has 22 heavy (non-hydrogen) atoms. The van der Waals surface area contributed by atoms with Crippen LogP contribution in [-0.4, -0.2) is 24.1 Å². The van der Waals surface area contributed by atoms with Crippen LogP contribution < -0.4 is 0 Å². The monoisotopic (exact) mass is 339 g/mol. The number of halogens is 8. The average Bonchev–Trinajstić information content (AvgIpc) is 2.36. The second kappa shape index (κ2) is 7.26. The summed E-state index contributed by atoms with van der Waals surface area (Å²) in [5.41, 5.74) is 0. The number of hydrogen-bond donors (Lipinski definition) is 0. The van der Waals surface area contributed by atoms with Gasteiger partial charge in [0.1, 0.15) is 6.07 Å². The van der Waals surface area contributed by atoms with E-state index in [2.05, 4.69) is 11.3 Å². The van der Waals surface area contributed by atoms with E-state index in [1.165, 1.54) is 6.08 Å². The van der Waals surface area contributed by atoms with Gasteiger partial charge in [-0.1, -0.05) is 12.5 Å². The van der Waals surface area contributed by atoms with Crippen molar-refractivity contribution in [3.63, 3.8) is 0 Å². The second-order valence-corrected chi connectivity index (χ2v) is 4.42. The molecule has 0 aliphatic carbocycles. The third kappa shape index (κ3) is 5.12. The van der Waals surface area contributed by atoms with Gasteiger partial charge >= 0.3 is 24.1 Å². The molecule has 1 atom stereocenters. The fourth-order valence-corrected chi connectivity index (χ4v) is 1.35. The number of nitriles is 1. The minimum absolute atomic E-state index is 0.0932. The van der Waals surface area contributed by atoms with Gasteiger partial charge in [-0.2, -0.15) is 40.4 Å².